The van der Waals surface area contributed by atoms with Gasteiger partial charge in [0.2, 0.25) is 5.82 Å². The van der Waals surface area contributed by atoms with Crippen molar-refractivity contribution in [3.05, 3.63) is 65.7 Å². The third kappa shape index (κ3) is 4.27. The number of H-pyrrole nitrogens is 1. The molecule has 0 atom stereocenters. The number of hydrogen-bond acceptors (Lipinski definition) is 6. The van der Waals surface area contributed by atoms with Crippen molar-refractivity contribution in [3.63, 3.8) is 0 Å². The van der Waals surface area contributed by atoms with Crippen LogP contribution in [0.5, 0.6) is 0 Å². The number of rotatable bonds is 4. The van der Waals surface area contributed by atoms with Crippen molar-refractivity contribution >= 4 is 28.1 Å². The number of nitrogens with zero attached hydrogens (tertiary/aromatic N) is 6. The van der Waals surface area contributed by atoms with E-state index in [9.17, 15) is 0 Å². The monoisotopic (exact) mass is 558 g/mol. The summed E-state index contributed by atoms with van der Waals surface area (Å²) < 4.78 is 2.53. The van der Waals surface area contributed by atoms with Crippen LogP contribution in [0.15, 0.2) is 54.6 Å². The normalized spacial score (nSPS) is 18.5. The van der Waals surface area contributed by atoms with Crippen molar-refractivity contribution in [2.75, 3.05) is 16.8 Å². The van der Waals surface area contributed by atoms with Crippen LogP contribution in [0.3, 0.4) is 0 Å². The second-order valence-electron chi connectivity index (χ2n) is 12.9. The van der Waals surface area contributed by atoms with Crippen molar-refractivity contribution in [1.82, 2.24) is 30.2 Å². The highest BCUT2D eigenvalue weighted by molar-refractivity contribution is 5.85. The molecular formula is C34H38N8. The fourth-order valence-corrected chi connectivity index (χ4v) is 7.54. The minimum Gasteiger partial charge on any atom is -0.385 e. The fraction of sp³-hybridized carbons (Fsp3) is 0.412. The summed E-state index contributed by atoms with van der Waals surface area (Å²) in [5, 5.41) is 18.3. The predicted octanol–water partition coefficient (Wildman–Crippen LogP) is 7.61. The van der Waals surface area contributed by atoms with Gasteiger partial charge in [-0.1, -0.05) is 19.3 Å². The molecule has 8 nitrogen and oxygen atoms in total. The first-order valence-electron chi connectivity index (χ1n) is 15.6. The van der Waals surface area contributed by atoms with E-state index in [0.717, 1.165) is 42.7 Å². The van der Waals surface area contributed by atoms with Crippen LogP contribution in [0, 0.1) is 0 Å². The highest BCUT2D eigenvalue weighted by Gasteiger charge is 2.35. The Labute approximate surface area is 246 Å². The average Bonchev–Trinajstić information content (AvgIpc) is 3.69. The largest absolute Gasteiger partial charge is 0.385 e. The van der Waals surface area contributed by atoms with E-state index in [1.807, 2.05) is 0 Å². The number of hydrogen-bond donors (Lipinski definition) is 2. The van der Waals surface area contributed by atoms with E-state index in [1.165, 1.54) is 77.8 Å². The fourth-order valence-electron chi connectivity index (χ4n) is 7.54. The van der Waals surface area contributed by atoms with Crippen LogP contribution in [0.2, 0.25) is 0 Å². The van der Waals surface area contributed by atoms with Crippen LogP contribution < -0.4 is 10.2 Å². The molecule has 2 aliphatic heterocycles. The molecular weight excluding hydrogens is 520 g/mol. The molecule has 42 heavy (non-hydrogen) atoms. The molecule has 0 bridgehead atoms. The zero-order valence-electron chi connectivity index (χ0n) is 24.5. The van der Waals surface area contributed by atoms with Gasteiger partial charge in [0.15, 0.2) is 0 Å². The molecule has 2 aromatic heterocycles. The first kappa shape index (κ1) is 25.5. The van der Waals surface area contributed by atoms with Gasteiger partial charge in [0, 0.05) is 46.3 Å². The predicted molar refractivity (Wildman–Crippen MR) is 168 cm³/mol. The molecule has 0 spiro atoms. The molecule has 0 unspecified atom stereocenters. The molecule has 2 N–H and O–H groups in total. The molecule has 0 radical (unpaired) electrons. The number of aryl methyl sites for hydroxylation is 2. The third-order valence-electron chi connectivity index (χ3n) is 9.71. The van der Waals surface area contributed by atoms with E-state index in [-0.39, 0.29) is 5.54 Å². The minimum atomic E-state index is 0.0334. The zero-order chi connectivity index (χ0) is 28.3. The number of fused-ring (bicyclic) bond motifs is 3. The molecule has 5 aromatic rings. The maximum atomic E-state index is 5.29. The Bertz CT molecular complexity index is 1760. The van der Waals surface area contributed by atoms with Crippen molar-refractivity contribution in [2.24, 2.45) is 0 Å². The van der Waals surface area contributed by atoms with Gasteiger partial charge in [-0.05, 0) is 123 Å². The average molecular weight is 559 g/mol. The standard InChI is InChI=1S/C34H38N8/c1-34(2)17-16-23-19-25(11-14-30(23)42(34)27-12-13-28-22(20-27)7-6-18-35-28)33-36-29-21-24(32-37-39-40-38-32)10-15-31(29)41(33)26-8-4-3-5-9-26/h10-15,19-21,26,35H,3-9,16-18H2,1-2H3,(H,37,38,39,40). The van der Waals surface area contributed by atoms with Gasteiger partial charge >= 0.3 is 0 Å². The second kappa shape index (κ2) is 9.96. The van der Waals surface area contributed by atoms with Crippen LogP contribution in [-0.2, 0) is 12.8 Å². The highest BCUT2D eigenvalue weighted by Crippen LogP contribution is 2.45. The SMILES string of the molecule is CC1(C)CCc2cc(-c3nc4cc(-c5nn[nH]n5)ccc4n3C3CCCCC3)ccc2N1c1ccc2c(c1)CCCN2. The summed E-state index contributed by atoms with van der Waals surface area (Å²) in [5.41, 5.74) is 11.1. The Morgan fingerprint density at radius 1 is 0.857 bits per heavy atom. The molecule has 8 rings (SSSR count). The lowest BCUT2D eigenvalue weighted by Gasteiger charge is -2.45. The second-order valence-corrected chi connectivity index (χ2v) is 12.9. The van der Waals surface area contributed by atoms with Crippen LogP contribution in [0.1, 0.15) is 76.0 Å². The lowest BCUT2D eigenvalue weighted by molar-refractivity contribution is 0.362. The van der Waals surface area contributed by atoms with Gasteiger partial charge in [-0.15, -0.1) is 10.2 Å². The van der Waals surface area contributed by atoms with Gasteiger partial charge in [0.1, 0.15) is 5.82 Å². The summed E-state index contributed by atoms with van der Waals surface area (Å²) in [4.78, 5) is 7.86. The summed E-state index contributed by atoms with van der Waals surface area (Å²) in [6.45, 7) is 5.83. The Balaban J connectivity index is 1.24. The first-order chi connectivity index (χ1) is 20.5. The molecule has 0 amide bonds. The van der Waals surface area contributed by atoms with E-state index in [2.05, 4.69) is 104 Å². The van der Waals surface area contributed by atoms with Crippen molar-refractivity contribution < 1.29 is 0 Å². The molecule has 214 valence electrons. The Morgan fingerprint density at radius 2 is 1.74 bits per heavy atom. The maximum absolute atomic E-state index is 5.29. The lowest BCUT2D eigenvalue weighted by atomic mass is 9.85. The number of nitrogens with one attached hydrogen (secondary N) is 2. The molecule has 1 aliphatic carbocycles. The molecule has 0 saturated heterocycles. The molecule has 3 aromatic carbocycles. The summed E-state index contributed by atoms with van der Waals surface area (Å²) >= 11 is 0. The topological polar surface area (TPSA) is 87.5 Å². The van der Waals surface area contributed by atoms with Crippen LogP contribution in [0.25, 0.3) is 33.8 Å². The lowest BCUT2D eigenvalue weighted by Crippen LogP contribution is -2.44. The Kier molecular flexibility index (Phi) is 6.05. The van der Waals surface area contributed by atoms with Crippen LogP contribution in [-0.4, -0.2) is 42.3 Å². The molecule has 1 saturated carbocycles. The summed E-state index contributed by atoms with van der Waals surface area (Å²) in [5.74, 6) is 1.67. The van der Waals surface area contributed by atoms with Gasteiger partial charge < -0.3 is 14.8 Å². The van der Waals surface area contributed by atoms with Gasteiger partial charge in [-0.25, -0.2) is 4.98 Å². The van der Waals surface area contributed by atoms with Crippen LogP contribution in [0.4, 0.5) is 17.1 Å². The van der Waals surface area contributed by atoms with Crippen molar-refractivity contribution in [1.29, 1.82) is 0 Å². The van der Waals surface area contributed by atoms with Crippen molar-refractivity contribution in [2.45, 2.75) is 83.2 Å². The maximum Gasteiger partial charge on any atom is 0.204 e. The van der Waals surface area contributed by atoms with E-state index < -0.39 is 0 Å². The zero-order valence-corrected chi connectivity index (χ0v) is 24.5. The van der Waals surface area contributed by atoms with E-state index in [1.54, 1.807) is 0 Å². The molecule has 4 heterocycles. The van der Waals surface area contributed by atoms with E-state index >= 15 is 0 Å². The first-order valence-corrected chi connectivity index (χ1v) is 15.6. The van der Waals surface area contributed by atoms with E-state index in [0.29, 0.717) is 11.9 Å². The minimum absolute atomic E-state index is 0.0334. The molecule has 1 fully saturated rings. The number of benzene rings is 3. The summed E-state index contributed by atoms with van der Waals surface area (Å²) in [7, 11) is 0. The number of anilines is 3. The van der Waals surface area contributed by atoms with Gasteiger partial charge in [-0.2, -0.15) is 5.21 Å². The Morgan fingerprint density at radius 3 is 2.60 bits per heavy atom. The number of imidazole rings is 1. The summed E-state index contributed by atoms with van der Waals surface area (Å²) in [6, 6.07) is 20.9. The van der Waals surface area contributed by atoms with Crippen LogP contribution >= 0.6 is 0 Å². The van der Waals surface area contributed by atoms with Crippen molar-refractivity contribution in [3.8, 4) is 22.8 Å². The Hall–Kier alpha value is -4.20. The van der Waals surface area contributed by atoms with Gasteiger partial charge in [-0.3, -0.25) is 0 Å². The summed E-state index contributed by atoms with van der Waals surface area (Å²) in [6.07, 6.45) is 10.8. The van der Waals surface area contributed by atoms with E-state index in [4.69, 9.17) is 4.98 Å². The number of tetrazole rings is 1. The van der Waals surface area contributed by atoms with Gasteiger partial charge in [0.25, 0.3) is 0 Å². The molecule has 3 aliphatic rings. The highest BCUT2D eigenvalue weighted by atomic mass is 15.5. The quantitative estimate of drug-likeness (QED) is 0.236. The number of aromatic nitrogens is 6. The van der Waals surface area contributed by atoms with Gasteiger partial charge in [0.05, 0.1) is 11.0 Å². The third-order valence-corrected chi connectivity index (χ3v) is 9.71. The smallest absolute Gasteiger partial charge is 0.204 e. The number of aromatic amines is 1. The molecule has 8 heteroatoms.